The Bertz CT molecular complexity index is 659. The fourth-order valence-electron chi connectivity index (χ4n) is 4.66. The minimum atomic E-state index is -4.58. The van der Waals surface area contributed by atoms with Crippen LogP contribution in [-0.2, 0) is 16.0 Å². The number of nitrogens with zero attached hydrogens (tertiary/aromatic N) is 1. The third-order valence-corrected chi connectivity index (χ3v) is 6.43. The molecular formula is C22H29ClF3NO2. The molecule has 162 valence electrons. The minimum absolute atomic E-state index is 0.200. The Hall–Kier alpha value is -1.27. The zero-order valence-corrected chi connectivity index (χ0v) is 17.4. The minimum Gasteiger partial charge on any atom is -0.451 e. The molecule has 2 unspecified atom stereocenters. The summed E-state index contributed by atoms with van der Waals surface area (Å²) in [6.45, 7) is 1.02. The maximum atomic E-state index is 13.6. The van der Waals surface area contributed by atoms with E-state index in [-0.39, 0.29) is 13.0 Å². The molecule has 1 saturated carbocycles. The SMILES string of the molecule is O=C(Cc1ccc(Cl)cc1)OC(CN1CCCC(C2CCCCC2)C1)C(F)(F)F. The number of halogens is 4. The number of carbonyl (C=O) groups is 1. The van der Waals surface area contributed by atoms with Gasteiger partial charge < -0.3 is 4.74 Å². The monoisotopic (exact) mass is 431 g/mol. The van der Waals surface area contributed by atoms with Crippen LogP contribution in [-0.4, -0.2) is 42.8 Å². The van der Waals surface area contributed by atoms with E-state index in [4.69, 9.17) is 16.3 Å². The fraction of sp³-hybridized carbons (Fsp3) is 0.682. The fourth-order valence-corrected chi connectivity index (χ4v) is 4.78. The Kier molecular flexibility index (Phi) is 7.85. The summed E-state index contributed by atoms with van der Waals surface area (Å²) >= 11 is 5.80. The molecular weight excluding hydrogens is 403 g/mol. The zero-order chi connectivity index (χ0) is 20.9. The summed E-state index contributed by atoms with van der Waals surface area (Å²) in [4.78, 5) is 14.0. The second-order valence-corrected chi connectivity index (χ2v) is 8.82. The molecule has 2 fully saturated rings. The third-order valence-electron chi connectivity index (χ3n) is 6.18. The van der Waals surface area contributed by atoms with E-state index in [2.05, 4.69) is 0 Å². The highest BCUT2D eigenvalue weighted by Crippen LogP contribution is 2.35. The molecule has 0 bridgehead atoms. The van der Waals surface area contributed by atoms with Gasteiger partial charge >= 0.3 is 12.1 Å². The first kappa shape index (κ1) is 22.4. The Morgan fingerprint density at radius 2 is 1.72 bits per heavy atom. The number of rotatable bonds is 6. The molecule has 3 rings (SSSR count). The Labute approximate surface area is 175 Å². The van der Waals surface area contributed by atoms with Crippen molar-refractivity contribution < 1.29 is 22.7 Å². The molecule has 1 aliphatic heterocycles. The van der Waals surface area contributed by atoms with Gasteiger partial charge in [-0.15, -0.1) is 0 Å². The van der Waals surface area contributed by atoms with Crippen molar-refractivity contribution in [3.8, 4) is 0 Å². The van der Waals surface area contributed by atoms with Crippen LogP contribution in [0.25, 0.3) is 0 Å². The highest BCUT2D eigenvalue weighted by atomic mass is 35.5. The van der Waals surface area contributed by atoms with Gasteiger partial charge in [0.1, 0.15) is 0 Å². The van der Waals surface area contributed by atoms with Crippen molar-refractivity contribution in [2.24, 2.45) is 11.8 Å². The lowest BCUT2D eigenvalue weighted by molar-refractivity contribution is -0.225. The maximum Gasteiger partial charge on any atom is 0.426 e. The normalized spacial score (nSPS) is 23.0. The van der Waals surface area contributed by atoms with Gasteiger partial charge in [0.25, 0.3) is 0 Å². The second-order valence-electron chi connectivity index (χ2n) is 8.38. The molecule has 1 aliphatic carbocycles. The lowest BCUT2D eigenvalue weighted by Gasteiger charge is -2.39. The van der Waals surface area contributed by atoms with Crippen molar-refractivity contribution in [3.63, 3.8) is 0 Å². The Balaban J connectivity index is 1.56. The van der Waals surface area contributed by atoms with Gasteiger partial charge in [0, 0.05) is 18.1 Å². The molecule has 0 radical (unpaired) electrons. The Morgan fingerprint density at radius 3 is 2.38 bits per heavy atom. The van der Waals surface area contributed by atoms with Crippen molar-refractivity contribution >= 4 is 17.6 Å². The summed E-state index contributed by atoms with van der Waals surface area (Å²) in [5.41, 5.74) is 0.579. The molecule has 7 heteroatoms. The van der Waals surface area contributed by atoms with Crippen LogP contribution in [0.3, 0.4) is 0 Å². The van der Waals surface area contributed by atoms with Crippen molar-refractivity contribution in [1.29, 1.82) is 0 Å². The molecule has 1 aromatic carbocycles. The lowest BCUT2D eigenvalue weighted by atomic mass is 9.76. The van der Waals surface area contributed by atoms with Crippen molar-refractivity contribution in [3.05, 3.63) is 34.9 Å². The van der Waals surface area contributed by atoms with Crippen LogP contribution in [0.1, 0.15) is 50.5 Å². The summed E-state index contributed by atoms with van der Waals surface area (Å²) in [6.07, 6.45) is 1.25. The van der Waals surface area contributed by atoms with Crippen LogP contribution in [0.2, 0.25) is 5.02 Å². The number of benzene rings is 1. The summed E-state index contributed by atoms with van der Waals surface area (Å²) in [5, 5.41) is 0.507. The van der Waals surface area contributed by atoms with Crippen LogP contribution in [0.4, 0.5) is 13.2 Å². The zero-order valence-electron chi connectivity index (χ0n) is 16.6. The Morgan fingerprint density at radius 1 is 1.07 bits per heavy atom. The number of hydrogen-bond acceptors (Lipinski definition) is 3. The smallest absolute Gasteiger partial charge is 0.426 e. The average Bonchev–Trinajstić information content (AvgIpc) is 2.69. The molecule has 2 aliphatic rings. The largest absolute Gasteiger partial charge is 0.451 e. The number of esters is 1. The van der Waals surface area contributed by atoms with Crippen LogP contribution < -0.4 is 0 Å². The van der Waals surface area contributed by atoms with Crippen LogP contribution in [0.15, 0.2) is 24.3 Å². The highest BCUT2D eigenvalue weighted by molar-refractivity contribution is 6.30. The quantitative estimate of drug-likeness (QED) is 0.545. The molecule has 0 aromatic heterocycles. The number of hydrogen-bond donors (Lipinski definition) is 0. The van der Waals surface area contributed by atoms with Gasteiger partial charge in [-0.25, -0.2) is 0 Å². The van der Waals surface area contributed by atoms with E-state index in [0.29, 0.717) is 35.5 Å². The molecule has 0 N–H and O–H groups in total. The average molecular weight is 432 g/mol. The van der Waals surface area contributed by atoms with Crippen LogP contribution in [0.5, 0.6) is 0 Å². The first-order chi connectivity index (χ1) is 13.8. The van der Waals surface area contributed by atoms with E-state index in [0.717, 1.165) is 12.8 Å². The van der Waals surface area contributed by atoms with E-state index in [1.807, 2.05) is 4.90 Å². The van der Waals surface area contributed by atoms with Crippen molar-refractivity contribution in [1.82, 2.24) is 4.90 Å². The first-order valence-corrected chi connectivity index (χ1v) is 10.9. The summed E-state index contributed by atoms with van der Waals surface area (Å²) < 4.78 is 45.6. The molecule has 1 heterocycles. The predicted octanol–water partition coefficient (Wildman–Crippen LogP) is 5.65. The van der Waals surface area contributed by atoms with Gasteiger partial charge in [0.15, 0.2) is 0 Å². The predicted molar refractivity (Wildman–Crippen MR) is 107 cm³/mol. The number of carbonyl (C=O) groups excluding carboxylic acids is 1. The van der Waals surface area contributed by atoms with E-state index in [1.54, 1.807) is 24.3 Å². The number of likely N-dealkylation sites (tertiary alicyclic amines) is 1. The lowest BCUT2D eigenvalue weighted by Crippen LogP contribution is -2.48. The second kappa shape index (κ2) is 10.2. The standard InChI is InChI=1S/C22H29ClF3NO2/c23-19-10-8-16(9-11-19)13-21(28)29-20(22(24,25)26)15-27-12-4-7-18(14-27)17-5-2-1-3-6-17/h8-11,17-18,20H,1-7,12-15H2. The molecule has 1 saturated heterocycles. The number of alkyl halides is 3. The van der Waals surface area contributed by atoms with Crippen molar-refractivity contribution in [2.45, 2.75) is 63.6 Å². The molecule has 1 aromatic rings. The van der Waals surface area contributed by atoms with E-state index >= 15 is 0 Å². The van der Waals surface area contributed by atoms with Gasteiger partial charge in [0.2, 0.25) is 6.10 Å². The van der Waals surface area contributed by atoms with E-state index in [9.17, 15) is 18.0 Å². The van der Waals surface area contributed by atoms with E-state index in [1.165, 1.54) is 32.1 Å². The topological polar surface area (TPSA) is 29.5 Å². The summed E-state index contributed by atoms with van der Waals surface area (Å²) in [7, 11) is 0. The van der Waals surface area contributed by atoms with Gasteiger partial charge in [-0.1, -0.05) is 55.8 Å². The molecule has 3 nitrogen and oxygen atoms in total. The number of ether oxygens (including phenoxy) is 1. The van der Waals surface area contributed by atoms with Crippen molar-refractivity contribution in [2.75, 3.05) is 19.6 Å². The summed E-state index contributed by atoms with van der Waals surface area (Å²) in [5.74, 6) is 0.224. The molecule has 2 atom stereocenters. The van der Waals surface area contributed by atoms with Gasteiger partial charge in [-0.2, -0.15) is 13.2 Å². The maximum absolute atomic E-state index is 13.6. The summed E-state index contributed by atoms with van der Waals surface area (Å²) in [6, 6.07) is 6.44. The molecule has 0 spiro atoms. The number of piperidine rings is 1. The molecule has 0 amide bonds. The van der Waals surface area contributed by atoms with E-state index < -0.39 is 18.2 Å². The first-order valence-electron chi connectivity index (χ1n) is 10.5. The third kappa shape index (κ3) is 6.88. The highest BCUT2D eigenvalue weighted by Gasteiger charge is 2.44. The van der Waals surface area contributed by atoms with Crippen LogP contribution >= 0.6 is 11.6 Å². The molecule has 29 heavy (non-hydrogen) atoms. The van der Waals surface area contributed by atoms with Gasteiger partial charge in [0.05, 0.1) is 6.42 Å². The van der Waals surface area contributed by atoms with Crippen LogP contribution in [0, 0.1) is 11.8 Å². The van der Waals surface area contributed by atoms with Gasteiger partial charge in [-0.05, 0) is 48.9 Å². The van der Waals surface area contributed by atoms with Gasteiger partial charge in [-0.3, -0.25) is 9.69 Å².